The molecule has 0 aliphatic heterocycles. The zero-order chi connectivity index (χ0) is 14.5. The molecule has 0 saturated heterocycles. The summed E-state index contributed by atoms with van der Waals surface area (Å²) in [6.07, 6.45) is -0.570. The maximum atomic E-state index is 11.9. The first-order valence-electron chi connectivity index (χ1n) is 5.43. The molecule has 0 heterocycles. The van der Waals surface area contributed by atoms with Crippen molar-refractivity contribution in [1.82, 2.24) is 4.90 Å². The van der Waals surface area contributed by atoms with Crippen LogP contribution in [0.2, 0.25) is 0 Å². The summed E-state index contributed by atoms with van der Waals surface area (Å²) in [6, 6.07) is -2.42. The van der Waals surface area contributed by atoms with Gasteiger partial charge < -0.3 is 26.6 Å². The number of carboxylic acid groups (broad SMARTS) is 2. The number of nitrogens with two attached hydrogens (primary N) is 2. The zero-order valence-electron chi connectivity index (χ0n) is 10.4. The number of carbonyl (C=O) groups is 3. The van der Waals surface area contributed by atoms with E-state index in [4.69, 9.17) is 21.7 Å². The van der Waals surface area contributed by atoms with Gasteiger partial charge >= 0.3 is 11.9 Å². The van der Waals surface area contributed by atoms with Crippen molar-refractivity contribution in [2.75, 3.05) is 6.67 Å². The van der Waals surface area contributed by atoms with E-state index in [9.17, 15) is 14.4 Å². The SMILES string of the molecule is CC(C)[C@@H](C(=O)O)N(CN)C(=O)[C@@H](N)CC(=O)O. The molecule has 0 aromatic carbocycles. The Morgan fingerprint density at radius 2 is 1.72 bits per heavy atom. The van der Waals surface area contributed by atoms with Crippen molar-refractivity contribution >= 4 is 17.8 Å². The summed E-state index contributed by atoms with van der Waals surface area (Å²) in [5.74, 6) is -3.58. The molecule has 8 heteroatoms. The van der Waals surface area contributed by atoms with Crippen LogP contribution in [0.15, 0.2) is 0 Å². The molecule has 0 radical (unpaired) electrons. The van der Waals surface area contributed by atoms with E-state index in [2.05, 4.69) is 0 Å². The molecule has 8 nitrogen and oxygen atoms in total. The highest BCUT2D eigenvalue weighted by atomic mass is 16.4. The molecule has 0 aliphatic carbocycles. The molecular weight excluding hydrogens is 242 g/mol. The smallest absolute Gasteiger partial charge is 0.326 e. The summed E-state index contributed by atoms with van der Waals surface area (Å²) >= 11 is 0. The van der Waals surface area contributed by atoms with Crippen molar-refractivity contribution in [3.63, 3.8) is 0 Å². The number of carboxylic acids is 2. The van der Waals surface area contributed by atoms with Crippen LogP contribution in [0.3, 0.4) is 0 Å². The summed E-state index contributed by atoms with van der Waals surface area (Å²) < 4.78 is 0. The van der Waals surface area contributed by atoms with E-state index in [1.807, 2.05) is 0 Å². The van der Waals surface area contributed by atoms with Crippen molar-refractivity contribution in [1.29, 1.82) is 0 Å². The third-order valence-electron chi connectivity index (χ3n) is 2.41. The molecule has 0 rings (SSSR count). The van der Waals surface area contributed by atoms with Crippen molar-refractivity contribution in [2.45, 2.75) is 32.4 Å². The Labute approximate surface area is 105 Å². The lowest BCUT2D eigenvalue weighted by Crippen LogP contribution is -2.55. The lowest BCUT2D eigenvalue weighted by atomic mass is 10.0. The fourth-order valence-electron chi connectivity index (χ4n) is 1.61. The van der Waals surface area contributed by atoms with Crippen LogP contribution in [0.5, 0.6) is 0 Å². The molecule has 0 fully saturated rings. The Kier molecular flexibility index (Phi) is 6.28. The van der Waals surface area contributed by atoms with E-state index >= 15 is 0 Å². The quantitative estimate of drug-likeness (QED) is 0.414. The van der Waals surface area contributed by atoms with Crippen LogP contribution >= 0.6 is 0 Å². The lowest BCUT2D eigenvalue weighted by molar-refractivity contribution is -0.153. The summed E-state index contributed by atoms with van der Waals surface area (Å²) in [4.78, 5) is 34.3. The monoisotopic (exact) mass is 261 g/mol. The number of nitrogens with zero attached hydrogens (tertiary/aromatic N) is 1. The molecule has 2 atom stereocenters. The number of hydrogen-bond acceptors (Lipinski definition) is 5. The van der Waals surface area contributed by atoms with Crippen molar-refractivity contribution in [3.8, 4) is 0 Å². The molecule has 0 aromatic heterocycles. The van der Waals surface area contributed by atoms with Gasteiger partial charge in [-0.3, -0.25) is 9.59 Å². The first-order chi connectivity index (χ1) is 8.22. The van der Waals surface area contributed by atoms with E-state index < -0.39 is 36.4 Å². The largest absolute Gasteiger partial charge is 0.481 e. The number of carbonyl (C=O) groups excluding carboxylic acids is 1. The Hall–Kier alpha value is -1.67. The standard InChI is InChI=1S/C10H19N3O5/c1-5(2)8(10(17)18)13(4-11)9(16)6(12)3-7(14)15/h5-6,8H,3-4,11-12H2,1-2H3,(H,14,15)(H,17,18)/t6-,8-/m0/s1. The second-order valence-corrected chi connectivity index (χ2v) is 4.22. The highest BCUT2D eigenvalue weighted by molar-refractivity contribution is 5.89. The van der Waals surface area contributed by atoms with Gasteiger partial charge in [-0.2, -0.15) is 0 Å². The number of amides is 1. The van der Waals surface area contributed by atoms with E-state index in [0.717, 1.165) is 4.90 Å². The second kappa shape index (κ2) is 6.92. The number of rotatable bonds is 7. The minimum Gasteiger partial charge on any atom is -0.481 e. The molecular formula is C10H19N3O5. The minimum absolute atomic E-state index is 0.332. The third-order valence-corrected chi connectivity index (χ3v) is 2.41. The summed E-state index contributed by atoms with van der Waals surface area (Å²) in [5, 5.41) is 17.6. The minimum atomic E-state index is -1.30. The molecule has 0 unspecified atom stereocenters. The summed E-state index contributed by atoms with van der Waals surface area (Å²) in [5.41, 5.74) is 10.8. The third kappa shape index (κ3) is 4.30. The fourth-order valence-corrected chi connectivity index (χ4v) is 1.61. The van der Waals surface area contributed by atoms with E-state index in [1.165, 1.54) is 0 Å². The Morgan fingerprint density at radius 1 is 1.22 bits per heavy atom. The van der Waals surface area contributed by atoms with Gasteiger partial charge in [-0.1, -0.05) is 13.8 Å². The number of aliphatic carboxylic acids is 2. The van der Waals surface area contributed by atoms with E-state index in [0.29, 0.717) is 0 Å². The van der Waals surface area contributed by atoms with Crippen LogP contribution in [-0.4, -0.2) is 51.7 Å². The molecule has 1 amide bonds. The van der Waals surface area contributed by atoms with Crippen LogP contribution in [-0.2, 0) is 14.4 Å². The van der Waals surface area contributed by atoms with Gasteiger partial charge in [0.2, 0.25) is 5.91 Å². The predicted molar refractivity (Wildman–Crippen MR) is 62.4 cm³/mol. The van der Waals surface area contributed by atoms with Crippen molar-refractivity contribution in [3.05, 3.63) is 0 Å². The van der Waals surface area contributed by atoms with Gasteiger partial charge in [0.05, 0.1) is 19.1 Å². The van der Waals surface area contributed by atoms with Gasteiger partial charge in [0.25, 0.3) is 0 Å². The highest BCUT2D eigenvalue weighted by Crippen LogP contribution is 2.12. The van der Waals surface area contributed by atoms with Crippen LogP contribution in [0.4, 0.5) is 0 Å². The van der Waals surface area contributed by atoms with Crippen LogP contribution < -0.4 is 11.5 Å². The molecule has 104 valence electrons. The summed E-state index contributed by atoms with van der Waals surface area (Å²) in [7, 11) is 0. The van der Waals surface area contributed by atoms with Gasteiger partial charge in [-0.25, -0.2) is 4.79 Å². The average molecular weight is 261 g/mol. The van der Waals surface area contributed by atoms with Crippen molar-refractivity contribution < 1.29 is 24.6 Å². The Bertz CT molecular complexity index is 331. The first-order valence-corrected chi connectivity index (χ1v) is 5.43. The first kappa shape index (κ1) is 16.3. The van der Waals surface area contributed by atoms with Crippen LogP contribution in [0.1, 0.15) is 20.3 Å². The molecule has 0 saturated carbocycles. The fraction of sp³-hybridized carbons (Fsp3) is 0.700. The maximum Gasteiger partial charge on any atom is 0.326 e. The molecule has 18 heavy (non-hydrogen) atoms. The van der Waals surface area contributed by atoms with Gasteiger partial charge in [-0.05, 0) is 5.92 Å². The normalized spacial score (nSPS) is 14.1. The van der Waals surface area contributed by atoms with Gasteiger partial charge in [-0.15, -0.1) is 0 Å². The zero-order valence-corrected chi connectivity index (χ0v) is 10.4. The molecule has 6 N–H and O–H groups in total. The molecule has 0 aromatic rings. The Morgan fingerprint density at radius 3 is 2.00 bits per heavy atom. The van der Waals surface area contributed by atoms with Crippen molar-refractivity contribution in [2.24, 2.45) is 17.4 Å². The maximum absolute atomic E-state index is 11.9. The molecule has 0 bridgehead atoms. The summed E-state index contributed by atoms with van der Waals surface area (Å²) in [6.45, 7) is 2.91. The van der Waals surface area contributed by atoms with Gasteiger partial charge in [0.1, 0.15) is 6.04 Å². The second-order valence-electron chi connectivity index (χ2n) is 4.22. The molecule has 0 spiro atoms. The van der Waals surface area contributed by atoms with Gasteiger partial charge in [0, 0.05) is 0 Å². The van der Waals surface area contributed by atoms with Crippen LogP contribution in [0, 0.1) is 5.92 Å². The highest BCUT2D eigenvalue weighted by Gasteiger charge is 2.34. The molecule has 0 aliphatic rings. The number of hydrogen-bond donors (Lipinski definition) is 4. The van der Waals surface area contributed by atoms with Gasteiger partial charge in [0.15, 0.2) is 0 Å². The average Bonchev–Trinajstić information content (AvgIpc) is 2.22. The Balaban J connectivity index is 4.99. The van der Waals surface area contributed by atoms with E-state index in [-0.39, 0.29) is 12.6 Å². The topological polar surface area (TPSA) is 147 Å². The predicted octanol–water partition coefficient (Wildman–Crippen LogP) is -1.36. The van der Waals surface area contributed by atoms with E-state index in [1.54, 1.807) is 13.8 Å². The lowest BCUT2D eigenvalue weighted by Gasteiger charge is -2.31. The van der Waals surface area contributed by atoms with Crippen LogP contribution in [0.25, 0.3) is 0 Å².